The Morgan fingerprint density at radius 3 is 2.13 bits per heavy atom. The van der Waals surface area contributed by atoms with Crippen LogP contribution in [0.5, 0.6) is 0 Å². The minimum absolute atomic E-state index is 0.0108. The molecule has 2 N–H and O–H groups in total. The lowest BCUT2D eigenvalue weighted by atomic mass is 10.2. The van der Waals surface area contributed by atoms with Crippen molar-refractivity contribution in [2.24, 2.45) is 0 Å². The first-order chi connectivity index (χ1) is 14.1. The molecule has 3 rings (SSSR count). The highest BCUT2D eigenvalue weighted by molar-refractivity contribution is 7.90. The summed E-state index contributed by atoms with van der Waals surface area (Å²) in [5.41, 5.74) is 5.41. The zero-order valence-electron chi connectivity index (χ0n) is 15.8. The summed E-state index contributed by atoms with van der Waals surface area (Å²) in [7, 11) is -3.39. The van der Waals surface area contributed by atoms with Crippen LogP contribution in [0.25, 0.3) is 5.69 Å². The Labute approximate surface area is 176 Å². The van der Waals surface area contributed by atoms with Crippen molar-refractivity contribution in [3.05, 3.63) is 76.3 Å². The molecule has 2 amide bonds. The zero-order chi connectivity index (χ0) is 22.1. The number of aromatic nitrogens is 2. The average Bonchev–Trinajstić information content (AvgIpc) is 3.00. The van der Waals surface area contributed by atoms with E-state index in [4.69, 9.17) is 11.6 Å². The third kappa shape index (κ3) is 4.50. The minimum atomic E-state index is -3.39. The number of rotatable bonds is 4. The molecule has 1 aromatic heterocycles. The molecule has 3 aromatic rings. The highest BCUT2D eigenvalue weighted by Crippen LogP contribution is 2.23. The molecule has 0 bridgehead atoms. The van der Waals surface area contributed by atoms with Crippen molar-refractivity contribution in [3.8, 4) is 5.69 Å². The Bertz CT molecular complexity index is 1220. The van der Waals surface area contributed by atoms with Crippen LogP contribution >= 0.6 is 11.6 Å². The average molecular weight is 451 g/mol. The van der Waals surface area contributed by atoms with Crippen LogP contribution in [0.15, 0.2) is 53.4 Å². The van der Waals surface area contributed by atoms with E-state index in [0.29, 0.717) is 11.4 Å². The molecule has 0 radical (unpaired) electrons. The van der Waals surface area contributed by atoms with Crippen LogP contribution in [-0.4, -0.2) is 36.3 Å². The summed E-state index contributed by atoms with van der Waals surface area (Å²) in [5.74, 6) is -1.78. The third-order valence-corrected chi connectivity index (χ3v) is 5.61. The van der Waals surface area contributed by atoms with Crippen LogP contribution in [0.1, 0.15) is 26.4 Å². The number of amides is 2. The van der Waals surface area contributed by atoms with Gasteiger partial charge in [-0.05, 0) is 55.5 Å². The molecule has 0 saturated heterocycles. The van der Waals surface area contributed by atoms with Crippen LogP contribution < -0.4 is 10.9 Å². The number of hydrogen-bond donors (Lipinski definition) is 2. The van der Waals surface area contributed by atoms with Crippen molar-refractivity contribution in [3.63, 3.8) is 0 Å². The fourth-order valence-corrected chi connectivity index (χ4v) is 3.60. The van der Waals surface area contributed by atoms with Crippen LogP contribution in [-0.2, 0) is 9.84 Å². The molecule has 0 fully saturated rings. The van der Waals surface area contributed by atoms with Crippen molar-refractivity contribution >= 4 is 33.3 Å². The fourth-order valence-electron chi connectivity index (χ4n) is 2.61. The highest BCUT2D eigenvalue weighted by atomic mass is 35.5. The topological polar surface area (TPSA) is 110 Å². The minimum Gasteiger partial charge on any atom is -0.267 e. The van der Waals surface area contributed by atoms with E-state index >= 15 is 0 Å². The van der Waals surface area contributed by atoms with Gasteiger partial charge in [-0.2, -0.15) is 5.10 Å². The summed E-state index contributed by atoms with van der Waals surface area (Å²) in [5, 5.41) is 4.17. The molecule has 0 atom stereocenters. The molecule has 0 saturated carbocycles. The second-order valence-corrected chi connectivity index (χ2v) is 8.72. The Kier molecular flexibility index (Phi) is 5.90. The molecule has 2 aromatic carbocycles. The summed E-state index contributed by atoms with van der Waals surface area (Å²) in [6.07, 6.45) is 1.06. The summed E-state index contributed by atoms with van der Waals surface area (Å²) >= 11 is 6.27. The van der Waals surface area contributed by atoms with Crippen molar-refractivity contribution in [1.82, 2.24) is 20.6 Å². The Balaban J connectivity index is 1.73. The molecule has 8 nitrogen and oxygen atoms in total. The van der Waals surface area contributed by atoms with Gasteiger partial charge in [0.15, 0.2) is 9.84 Å². The lowest BCUT2D eigenvalue weighted by molar-refractivity contribution is 0.0846. The second kappa shape index (κ2) is 8.25. The molecular weight excluding hydrogens is 435 g/mol. The molecule has 156 valence electrons. The Morgan fingerprint density at radius 1 is 1.00 bits per heavy atom. The predicted molar refractivity (Wildman–Crippen MR) is 108 cm³/mol. The van der Waals surface area contributed by atoms with E-state index in [2.05, 4.69) is 16.0 Å². The summed E-state index contributed by atoms with van der Waals surface area (Å²) < 4.78 is 37.3. The van der Waals surface area contributed by atoms with E-state index in [1.165, 1.54) is 53.2 Å². The van der Waals surface area contributed by atoms with Crippen molar-refractivity contribution in [2.75, 3.05) is 6.26 Å². The lowest BCUT2D eigenvalue weighted by Crippen LogP contribution is -2.41. The van der Waals surface area contributed by atoms with E-state index in [-0.39, 0.29) is 21.2 Å². The number of hydrazine groups is 1. The zero-order valence-corrected chi connectivity index (χ0v) is 17.4. The number of sulfone groups is 1. The first kappa shape index (κ1) is 21.5. The summed E-state index contributed by atoms with van der Waals surface area (Å²) in [6, 6.07) is 10.6. The third-order valence-electron chi connectivity index (χ3n) is 4.14. The van der Waals surface area contributed by atoms with E-state index in [9.17, 15) is 22.4 Å². The Hall–Kier alpha value is -3.24. The number of carbonyl (C=O) groups is 2. The SMILES string of the molecule is Cc1nn(-c2ccc(F)cc2)c(Cl)c1C(=O)NNC(=O)c1ccc(S(C)(=O)=O)cc1. The standard InChI is InChI=1S/C19H16ClFN4O4S/c1-11-16(17(20)25(24-11)14-7-5-13(21)6-8-14)19(27)23-22-18(26)12-3-9-15(10-4-12)30(2,28)29/h3-10H,1-2H3,(H,22,26)(H,23,27). The van der Waals surface area contributed by atoms with Gasteiger partial charge in [0, 0.05) is 11.8 Å². The van der Waals surface area contributed by atoms with Crippen LogP contribution in [0.3, 0.4) is 0 Å². The van der Waals surface area contributed by atoms with Crippen molar-refractivity contribution < 1.29 is 22.4 Å². The molecule has 0 aliphatic heterocycles. The fraction of sp³-hybridized carbons (Fsp3) is 0.105. The Morgan fingerprint density at radius 2 is 1.57 bits per heavy atom. The first-order valence-electron chi connectivity index (χ1n) is 8.50. The van der Waals surface area contributed by atoms with Crippen LogP contribution in [0.2, 0.25) is 5.15 Å². The van der Waals surface area contributed by atoms with E-state index in [0.717, 1.165) is 6.26 Å². The number of carbonyl (C=O) groups excluding carboxylic acids is 2. The van der Waals surface area contributed by atoms with Gasteiger partial charge in [0.2, 0.25) is 0 Å². The quantitative estimate of drug-likeness (QED) is 0.593. The number of aryl methyl sites for hydroxylation is 1. The molecule has 0 aliphatic carbocycles. The summed E-state index contributed by atoms with van der Waals surface area (Å²) in [4.78, 5) is 24.8. The number of hydrogen-bond acceptors (Lipinski definition) is 5. The van der Waals surface area contributed by atoms with Crippen molar-refractivity contribution in [1.29, 1.82) is 0 Å². The van der Waals surface area contributed by atoms with Gasteiger partial charge in [-0.15, -0.1) is 0 Å². The normalized spacial score (nSPS) is 11.2. The highest BCUT2D eigenvalue weighted by Gasteiger charge is 2.22. The van der Waals surface area contributed by atoms with Gasteiger partial charge in [-0.3, -0.25) is 20.4 Å². The van der Waals surface area contributed by atoms with Gasteiger partial charge in [0.1, 0.15) is 16.5 Å². The van der Waals surface area contributed by atoms with Crippen LogP contribution in [0, 0.1) is 12.7 Å². The van der Waals surface area contributed by atoms with E-state index in [1.807, 2.05) is 0 Å². The monoisotopic (exact) mass is 450 g/mol. The van der Waals surface area contributed by atoms with Crippen molar-refractivity contribution in [2.45, 2.75) is 11.8 Å². The number of halogens is 2. The maximum absolute atomic E-state index is 13.1. The van der Waals surface area contributed by atoms with Gasteiger partial charge in [0.25, 0.3) is 11.8 Å². The molecular formula is C19H16ClFN4O4S. The summed E-state index contributed by atoms with van der Waals surface area (Å²) in [6.45, 7) is 1.56. The maximum Gasteiger partial charge on any atom is 0.274 e. The lowest BCUT2D eigenvalue weighted by Gasteiger charge is -2.08. The van der Waals surface area contributed by atoms with E-state index in [1.54, 1.807) is 6.92 Å². The largest absolute Gasteiger partial charge is 0.274 e. The van der Waals surface area contributed by atoms with E-state index < -0.39 is 27.5 Å². The smallest absolute Gasteiger partial charge is 0.267 e. The first-order valence-corrected chi connectivity index (χ1v) is 10.8. The van der Waals surface area contributed by atoms with Gasteiger partial charge >= 0.3 is 0 Å². The van der Waals surface area contributed by atoms with Gasteiger partial charge < -0.3 is 0 Å². The predicted octanol–water partition coefficient (Wildman–Crippen LogP) is 2.45. The van der Waals surface area contributed by atoms with Gasteiger partial charge in [-0.1, -0.05) is 11.6 Å². The molecule has 0 aliphatic rings. The molecule has 0 spiro atoms. The molecule has 1 heterocycles. The van der Waals surface area contributed by atoms with Gasteiger partial charge in [-0.25, -0.2) is 17.5 Å². The maximum atomic E-state index is 13.1. The number of nitrogens with one attached hydrogen (secondary N) is 2. The van der Waals surface area contributed by atoms with Gasteiger partial charge in [0.05, 0.1) is 16.3 Å². The number of benzene rings is 2. The number of nitrogens with zero attached hydrogens (tertiary/aromatic N) is 2. The molecule has 11 heteroatoms. The molecule has 0 unspecified atom stereocenters. The molecule has 30 heavy (non-hydrogen) atoms. The second-order valence-electron chi connectivity index (χ2n) is 6.34. The van der Waals surface area contributed by atoms with Crippen LogP contribution in [0.4, 0.5) is 4.39 Å².